The number of nitrogens with zero attached hydrogens (tertiary/aromatic N) is 3. The molecule has 216 valence electrons. The summed E-state index contributed by atoms with van der Waals surface area (Å²) in [7, 11) is 1.54. The summed E-state index contributed by atoms with van der Waals surface area (Å²) in [5, 5.41) is 4.81. The number of aromatic nitrogens is 3. The predicted molar refractivity (Wildman–Crippen MR) is 157 cm³/mol. The monoisotopic (exact) mass is 558 g/mol. The van der Waals surface area contributed by atoms with Crippen molar-refractivity contribution in [3.05, 3.63) is 80.7 Å². The molecular formula is C32H38N4O5. The summed E-state index contributed by atoms with van der Waals surface area (Å²) in [6, 6.07) is 11.8. The number of H-pyrrole nitrogens is 1. The zero-order valence-corrected chi connectivity index (χ0v) is 24.5. The molecule has 3 aromatic heterocycles. The van der Waals surface area contributed by atoms with Crippen LogP contribution in [0.4, 0.5) is 0 Å². The van der Waals surface area contributed by atoms with Crippen LogP contribution in [0.3, 0.4) is 0 Å². The normalized spacial score (nSPS) is 14.9. The first-order valence-electron chi connectivity index (χ1n) is 14.3. The second-order valence-electron chi connectivity index (χ2n) is 11.2. The molecule has 1 saturated heterocycles. The smallest absolute Gasteiger partial charge is 0.255 e. The van der Waals surface area contributed by atoms with E-state index in [9.17, 15) is 14.4 Å². The number of Topliss-reactive ketones (excluding diaryl/α,β-unsaturated/α-hetero) is 1. The van der Waals surface area contributed by atoms with Gasteiger partial charge in [0, 0.05) is 59.5 Å². The number of hydrogen-bond acceptors (Lipinski definition) is 6. The molecule has 9 heteroatoms. The van der Waals surface area contributed by atoms with Gasteiger partial charge in [-0.25, -0.2) is 0 Å². The van der Waals surface area contributed by atoms with Crippen molar-refractivity contribution in [2.75, 3.05) is 20.2 Å². The van der Waals surface area contributed by atoms with Crippen LogP contribution in [0.15, 0.2) is 45.7 Å². The molecule has 0 bridgehead atoms. The first-order chi connectivity index (χ1) is 19.7. The first-order valence-corrected chi connectivity index (χ1v) is 14.3. The van der Waals surface area contributed by atoms with Crippen molar-refractivity contribution in [1.82, 2.24) is 19.6 Å². The van der Waals surface area contributed by atoms with E-state index in [2.05, 4.69) is 27.7 Å². The number of hydrogen-bond donors (Lipinski definition) is 1. The zero-order valence-electron chi connectivity index (χ0n) is 24.5. The Morgan fingerprint density at radius 2 is 1.88 bits per heavy atom. The molecule has 1 fully saturated rings. The number of carbonyl (C=O) groups is 2. The molecule has 41 heavy (non-hydrogen) atoms. The molecule has 4 aromatic rings. The van der Waals surface area contributed by atoms with Gasteiger partial charge in [-0.3, -0.25) is 14.4 Å². The van der Waals surface area contributed by atoms with Crippen molar-refractivity contribution in [1.29, 1.82) is 0 Å². The lowest BCUT2D eigenvalue weighted by atomic mass is 9.89. The quantitative estimate of drug-likeness (QED) is 0.286. The number of nitrogens with one attached hydrogen (secondary N) is 1. The SMILES string of the molecule is COc1cc(C)[nH]c(=O)c1CCC(=O)c1c(C)n([C@H](C)C2CCN(C(=O)Cc3cc(C)no3)CC2)c2ccccc12. The zero-order chi connectivity index (χ0) is 29.3. The largest absolute Gasteiger partial charge is 0.496 e. The average molecular weight is 559 g/mol. The molecule has 1 N–H and O–H groups in total. The molecule has 0 unspecified atom stereocenters. The molecule has 4 heterocycles. The van der Waals surface area contributed by atoms with E-state index in [1.807, 2.05) is 36.9 Å². The maximum absolute atomic E-state index is 13.7. The Hall–Kier alpha value is -4.14. The number of likely N-dealkylation sites (tertiary alicyclic amines) is 1. The molecule has 0 radical (unpaired) electrons. The van der Waals surface area contributed by atoms with Gasteiger partial charge in [0.05, 0.1) is 24.8 Å². The molecule has 1 amide bonds. The number of ketones is 1. The highest BCUT2D eigenvalue weighted by molar-refractivity contribution is 6.09. The second-order valence-corrected chi connectivity index (χ2v) is 11.2. The summed E-state index contributed by atoms with van der Waals surface area (Å²) < 4.78 is 13.0. The highest BCUT2D eigenvalue weighted by atomic mass is 16.5. The van der Waals surface area contributed by atoms with E-state index < -0.39 is 0 Å². The minimum absolute atomic E-state index is 0.00902. The number of benzene rings is 1. The third kappa shape index (κ3) is 5.71. The van der Waals surface area contributed by atoms with E-state index in [1.165, 1.54) is 7.11 Å². The standard InChI is InChI=1S/C32H38N4O5/c1-19-17-29(40-5)26(32(39)33-19)10-11-28(37)31-22(4)36(27-9-7-6-8-25(27)31)21(3)23-12-14-35(15-13-23)30(38)18-24-16-20(2)34-41-24/h6-9,16-17,21,23H,10-15,18H2,1-5H3,(H,33,39)/t21-/m1/s1. The third-order valence-corrected chi connectivity index (χ3v) is 8.47. The maximum atomic E-state index is 13.7. The van der Waals surface area contributed by atoms with Gasteiger partial charge >= 0.3 is 0 Å². The van der Waals surface area contributed by atoms with Gasteiger partial charge < -0.3 is 23.7 Å². The van der Waals surface area contributed by atoms with E-state index in [0.29, 0.717) is 48.1 Å². The van der Waals surface area contributed by atoms with Crippen LogP contribution in [0.5, 0.6) is 5.75 Å². The Kier molecular flexibility index (Phi) is 8.15. The lowest BCUT2D eigenvalue weighted by molar-refractivity contribution is -0.132. The van der Waals surface area contributed by atoms with E-state index in [0.717, 1.165) is 40.8 Å². The highest BCUT2D eigenvalue weighted by Gasteiger charge is 2.30. The number of methoxy groups -OCH3 is 1. The van der Waals surface area contributed by atoms with Crippen LogP contribution in [0.1, 0.15) is 71.0 Å². The Labute approximate surface area is 239 Å². The van der Waals surface area contributed by atoms with Crippen molar-refractivity contribution in [2.45, 2.75) is 65.8 Å². The van der Waals surface area contributed by atoms with Crippen molar-refractivity contribution in [2.24, 2.45) is 5.92 Å². The van der Waals surface area contributed by atoms with Crippen LogP contribution >= 0.6 is 0 Å². The molecule has 1 aromatic carbocycles. The minimum Gasteiger partial charge on any atom is -0.496 e. The van der Waals surface area contributed by atoms with E-state index in [1.54, 1.807) is 19.1 Å². The van der Waals surface area contributed by atoms with E-state index in [-0.39, 0.29) is 36.1 Å². The minimum atomic E-state index is -0.219. The fourth-order valence-electron chi connectivity index (χ4n) is 6.34. The summed E-state index contributed by atoms with van der Waals surface area (Å²) >= 11 is 0. The lowest BCUT2D eigenvalue weighted by Gasteiger charge is -2.36. The molecule has 0 aliphatic carbocycles. The van der Waals surface area contributed by atoms with Gasteiger partial charge in [-0.15, -0.1) is 0 Å². The van der Waals surface area contributed by atoms with Gasteiger partial charge in [0.1, 0.15) is 11.5 Å². The summed E-state index contributed by atoms with van der Waals surface area (Å²) in [4.78, 5) is 43.8. The van der Waals surface area contributed by atoms with Crippen molar-refractivity contribution < 1.29 is 18.8 Å². The number of aromatic amines is 1. The number of pyridine rings is 1. The van der Waals surface area contributed by atoms with Gasteiger partial charge in [-0.2, -0.15) is 0 Å². The summed E-state index contributed by atoms with van der Waals surface area (Å²) in [5.41, 5.74) is 4.44. The molecule has 5 rings (SSSR count). The number of ether oxygens (including phenoxy) is 1. The first kappa shape index (κ1) is 28.4. The molecule has 1 aliphatic rings. The topological polar surface area (TPSA) is 110 Å². The van der Waals surface area contributed by atoms with Crippen molar-refractivity contribution in [3.8, 4) is 5.75 Å². The number of rotatable bonds is 9. The lowest BCUT2D eigenvalue weighted by Crippen LogP contribution is -2.40. The van der Waals surface area contributed by atoms with Gasteiger partial charge in [0.2, 0.25) is 5.91 Å². The molecule has 1 aliphatic heterocycles. The summed E-state index contributed by atoms with van der Waals surface area (Å²) in [5.74, 6) is 1.54. The Bertz CT molecular complexity index is 1640. The number of amides is 1. The second kappa shape index (κ2) is 11.8. The van der Waals surface area contributed by atoms with Gasteiger partial charge in [-0.05, 0) is 65.0 Å². The number of para-hydroxylation sites is 1. The van der Waals surface area contributed by atoms with Gasteiger partial charge in [0.15, 0.2) is 5.78 Å². The number of aryl methyl sites for hydroxylation is 2. The number of fused-ring (bicyclic) bond motifs is 1. The van der Waals surface area contributed by atoms with Crippen LogP contribution in [0.25, 0.3) is 10.9 Å². The fourth-order valence-corrected chi connectivity index (χ4v) is 6.34. The van der Waals surface area contributed by atoms with Gasteiger partial charge in [0.25, 0.3) is 5.56 Å². The van der Waals surface area contributed by atoms with Crippen molar-refractivity contribution >= 4 is 22.6 Å². The predicted octanol–water partition coefficient (Wildman–Crippen LogP) is 5.11. The molecule has 0 saturated carbocycles. The van der Waals surface area contributed by atoms with Crippen LogP contribution in [-0.4, -0.2) is 51.5 Å². The number of carbonyl (C=O) groups excluding carboxylic acids is 2. The van der Waals surface area contributed by atoms with E-state index in [4.69, 9.17) is 9.26 Å². The van der Waals surface area contributed by atoms with Crippen LogP contribution in [-0.2, 0) is 17.6 Å². The maximum Gasteiger partial charge on any atom is 0.255 e. The van der Waals surface area contributed by atoms with Crippen LogP contribution in [0, 0.1) is 26.7 Å². The molecule has 0 spiro atoms. The summed E-state index contributed by atoms with van der Waals surface area (Å²) in [6.45, 7) is 9.26. The molecule has 1 atom stereocenters. The number of piperidine rings is 1. The molecular weight excluding hydrogens is 520 g/mol. The average Bonchev–Trinajstić information content (AvgIpc) is 3.50. The van der Waals surface area contributed by atoms with E-state index >= 15 is 0 Å². The Morgan fingerprint density at radius 1 is 1.15 bits per heavy atom. The van der Waals surface area contributed by atoms with Crippen LogP contribution in [0.2, 0.25) is 0 Å². The molecule has 9 nitrogen and oxygen atoms in total. The fraction of sp³-hybridized carbons (Fsp3) is 0.438. The third-order valence-electron chi connectivity index (χ3n) is 8.47. The van der Waals surface area contributed by atoms with Crippen LogP contribution < -0.4 is 10.3 Å². The Balaban J connectivity index is 1.32. The Morgan fingerprint density at radius 3 is 2.56 bits per heavy atom. The summed E-state index contributed by atoms with van der Waals surface area (Å²) in [6.07, 6.45) is 2.50. The van der Waals surface area contributed by atoms with Gasteiger partial charge in [-0.1, -0.05) is 23.4 Å². The van der Waals surface area contributed by atoms with Crippen molar-refractivity contribution in [3.63, 3.8) is 0 Å². The highest BCUT2D eigenvalue weighted by Crippen LogP contribution is 2.36.